The van der Waals surface area contributed by atoms with Crippen LogP contribution in [0.3, 0.4) is 0 Å². The zero-order valence-corrected chi connectivity index (χ0v) is 9.67. The first-order valence-electron chi connectivity index (χ1n) is 5.51. The van der Waals surface area contributed by atoms with Crippen molar-refractivity contribution in [3.63, 3.8) is 0 Å². The van der Waals surface area contributed by atoms with Gasteiger partial charge in [0.15, 0.2) is 0 Å². The highest BCUT2D eigenvalue weighted by atomic mass is 16.2. The largest absolute Gasteiger partial charge is 0.370 e. The van der Waals surface area contributed by atoms with Crippen LogP contribution in [0.1, 0.15) is 17.9 Å². The first-order valence-corrected chi connectivity index (χ1v) is 5.51. The van der Waals surface area contributed by atoms with Gasteiger partial charge in [-0.2, -0.15) is 0 Å². The number of fused-ring (bicyclic) bond motifs is 1. The number of carbonyl (C=O) groups is 2. The summed E-state index contributed by atoms with van der Waals surface area (Å²) in [4.78, 5) is 26.7. The average Bonchev–Trinajstić information content (AvgIpc) is 2.35. The van der Waals surface area contributed by atoms with Crippen LogP contribution in [0.5, 0.6) is 0 Å². The highest BCUT2D eigenvalue weighted by Crippen LogP contribution is 2.26. The van der Waals surface area contributed by atoms with Gasteiger partial charge in [-0.15, -0.1) is 0 Å². The third-order valence-electron chi connectivity index (χ3n) is 2.79. The molecule has 0 spiro atoms. The summed E-state index contributed by atoms with van der Waals surface area (Å²) in [5.74, 6) is -1.88. The SMILES string of the molecule is NC(=O)CC(C(N)=O)c1cccc2cccnc12. The molecule has 0 saturated heterocycles. The number of para-hydroxylation sites is 1. The number of hydrogen-bond acceptors (Lipinski definition) is 3. The Kier molecular flexibility index (Phi) is 3.23. The second-order valence-electron chi connectivity index (χ2n) is 4.05. The minimum atomic E-state index is -0.735. The molecule has 2 rings (SSSR count). The van der Waals surface area contributed by atoms with E-state index in [-0.39, 0.29) is 6.42 Å². The average molecular weight is 243 g/mol. The Bertz CT molecular complexity index is 605. The number of hydrogen-bond donors (Lipinski definition) is 2. The van der Waals surface area contributed by atoms with Gasteiger partial charge in [0.1, 0.15) is 0 Å². The van der Waals surface area contributed by atoms with Gasteiger partial charge in [0.25, 0.3) is 0 Å². The van der Waals surface area contributed by atoms with E-state index in [0.717, 1.165) is 5.39 Å². The fraction of sp³-hybridized carbons (Fsp3) is 0.154. The summed E-state index contributed by atoms with van der Waals surface area (Å²) >= 11 is 0. The van der Waals surface area contributed by atoms with E-state index in [1.54, 1.807) is 24.4 Å². The van der Waals surface area contributed by atoms with E-state index >= 15 is 0 Å². The molecule has 2 aromatic rings. The highest BCUT2D eigenvalue weighted by molar-refractivity contribution is 5.93. The van der Waals surface area contributed by atoms with Gasteiger partial charge in [-0.3, -0.25) is 14.6 Å². The molecule has 1 heterocycles. The molecule has 1 atom stereocenters. The van der Waals surface area contributed by atoms with Crippen LogP contribution >= 0.6 is 0 Å². The van der Waals surface area contributed by atoms with Crippen LogP contribution in [-0.4, -0.2) is 16.8 Å². The van der Waals surface area contributed by atoms with E-state index in [2.05, 4.69) is 4.98 Å². The molecule has 5 heteroatoms. The summed E-state index contributed by atoms with van der Waals surface area (Å²) in [5.41, 5.74) is 11.8. The fourth-order valence-corrected chi connectivity index (χ4v) is 1.97. The number of pyridine rings is 1. The zero-order valence-electron chi connectivity index (χ0n) is 9.67. The topological polar surface area (TPSA) is 99.1 Å². The Morgan fingerprint density at radius 1 is 1.17 bits per heavy atom. The second kappa shape index (κ2) is 4.83. The predicted molar refractivity (Wildman–Crippen MR) is 67.5 cm³/mol. The van der Waals surface area contributed by atoms with Gasteiger partial charge in [0.2, 0.25) is 11.8 Å². The molecule has 1 aromatic heterocycles. The van der Waals surface area contributed by atoms with E-state index in [1.807, 2.05) is 12.1 Å². The molecular weight excluding hydrogens is 230 g/mol. The maximum Gasteiger partial charge on any atom is 0.225 e. The Morgan fingerprint density at radius 2 is 1.89 bits per heavy atom. The number of primary amides is 2. The van der Waals surface area contributed by atoms with Crippen molar-refractivity contribution in [3.8, 4) is 0 Å². The van der Waals surface area contributed by atoms with Crippen LogP contribution in [0.25, 0.3) is 10.9 Å². The fourth-order valence-electron chi connectivity index (χ4n) is 1.97. The van der Waals surface area contributed by atoms with Gasteiger partial charge in [0, 0.05) is 18.0 Å². The molecule has 18 heavy (non-hydrogen) atoms. The van der Waals surface area contributed by atoms with Crippen LogP contribution in [0.4, 0.5) is 0 Å². The van der Waals surface area contributed by atoms with Gasteiger partial charge < -0.3 is 11.5 Å². The number of carbonyl (C=O) groups excluding carboxylic acids is 2. The minimum Gasteiger partial charge on any atom is -0.370 e. The van der Waals surface area contributed by atoms with Crippen molar-refractivity contribution >= 4 is 22.7 Å². The number of nitrogens with two attached hydrogens (primary N) is 2. The molecule has 92 valence electrons. The molecule has 4 N–H and O–H groups in total. The number of aromatic nitrogens is 1. The zero-order chi connectivity index (χ0) is 13.1. The Balaban J connectivity index is 2.57. The van der Waals surface area contributed by atoms with E-state index in [4.69, 9.17) is 11.5 Å². The maximum absolute atomic E-state index is 11.5. The summed E-state index contributed by atoms with van der Waals surface area (Å²) in [6.45, 7) is 0. The molecule has 0 fully saturated rings. The number of nitrogens with zero attached hydrogens (tertiary/aromatic N) is 1. The lowest BCUT2D eigenvalue weighted by Gasteiger charge is -2.13. The van der Waals surface area contributed by atoms with E-state index in [0.29, 0.717) is 11.1 Å². The number of rotatable bonds is 4. The normalized spacial score (nSPS) is 12.2. The molecule has 0 aliphatic carbocycles. The smallest absolute Gasteiger partial charge is 0.225 e. The van der Waals surface area contributed by atoms with Gasteiger partial charge in [-0.1, -0.05) is 24.3 Å². The van der Waals surface area contributed by atoms with Crippen molar-refractivity contribution in [2.75, 3.05) is 0 Å². The summed E-state index contributed by atoms with van der Waals surface area (Å²) in [7, 11) is 0. The van der Waals surface area contributed by atoms with Crippen LogP contribution in [-0.2, 0) is 9.59 Å². The monoisotopic (exact) mass is 243 g/mol. The van der Waals surface area contributed by atoms with E-state index < -0.39 is 17.7 Å². The molecular formula is C13H13N3O2. The molecule has 0 aliphatic rings. The van der Waals surface area contributed by atoms with E-state index in [9.17, 15) is 9.59 Å². The Morgan fingerprint density at radius 3 is 2.56 bits per heavy atom. The van der Waals surface area contributed by atoms with E-state index in [1.165, 1.54) is 0 Å². The Hall–Kier alpha value is -2.43. The molecule has 1 unspecified atom stereocenters. The van der Waals surface area contributed by atoms with Crippen molar-refractivity contribution in [1.29, 1.82) is 0 Å². The summed E-state index contributed by atoms with van der Waals surface area (Å²) in [5, 5.41) is 0.894. The third kappa shape index (κ3) is 2.29. The van der Waals surface area contributed by atoms with Crippen LogP contribution in [0.2, 0.25) is 0 Å². The van der Waals surface area contributed by atoms with Crippen molar-refractivity contribution in [2.45, 2.75) is 12.3 Å². The number of benzene rings is 1. The quantitative estimate of drug-likeness (QED) is 0.825. The summed E-state index contributed by atoms with van der Waals surface area (Å²) in [6.07, 6.45) is 1.53. The molecule has 2 amide bonds. The van der Waals surface area contributed by atoms with Crippen LogP contribution in [0, 0.1) is 0 Å². The highest BCUT2D eigenvalue weighted by Gasteiger charge is 2.22. The summed E-state index contributed by atoms with van der Waals surface area (Å²) in [6, 6.07) is 9.12. The van der Waals surface area contributed by atoms with Gasteiger partial charge in [-0.25, -0.2) is 0 Å². The molecule has 1 aromatic carbocycles. The molecule has 0 bridgehead atoms. The molecule has 0 radical (unpaired) electrons. The third-order valence-corrected chi connectivity index (χ3v) is 2.79. The van der Waals surface area contributed by atoms with Crippen molar-refractivity contribution in [1.82, 2.24) is 4.98 Å². The Labute approximate surface area is 104 Å². The lowest BCUT2D eigenvalue weighted by atomic mass is 9.92. The summed E-state index contributed by atoms with van der Waals surface area (Å²) < 4.78 is 0. The minimum absolute atomic E-state index is 0.106. The maximum atomic E-state index is 11.5. The lowest BCUT2D eigenvalue weighted by Crippen LogP contribution is -2.26. The van der Waals surface area contributed by atoms with Gasteiger partial charge in [0.05, 0.1) is 11.4 Å². The van der Waals surface area contributed by atoms with Crippen molar-refractivity contribution < 1.29 is 9.59 Å². The van der Waals surface area contributed by atoms with Crippen molar-refractivity contribution in [2.24, 2.45) is 11.5 Å². The first-order chi connectivity index (χ1) is 8.59. The number of amides is 2. The van der Waals surface area contributed by atoms with Crippen LogP contribution in [0.15, 0.2) is 36.5 Å². The first kappa shape index (κ1) is 12.0. The molecule has 0 aliphatic heterocycles. The standard InChI is InChI=1S/C13H13N3O2/c14-11(17)7-10(13(15)18)9-5-1-3-8-4-2-6-16-12(8)9/h1-6,10H,7H2,(H2,14,17)(H2,15,18). The molecule has 5 nitrogen and oxygen atoms in total. The van der Waals surface area contributed by atoms with Gasteiger partial charge >= 0.3 is 0 Å². The van der Waals surface area contributed by atoms with Gasteiger partial charge in [-0.05, 0) is 11.6 Å². The predicted octanol–water partition coefficient (Wildman–Crippen LogP) is 0.679. The molecule has 0 saturated carbocycles. The van der Waals surface area contributed by atoms with Crippen molar-refractivity contribution in [3.05, 3.63) is 42.1 Å². The lowest BCUT2D eigenvalue weighted by molar-refractivity contribution is -0.124. The second-order valence-corrected chi connectivity index (χ2v) is 4.05. The van der Waals surface area contributed by atoms with Crippen LogP contribution < -0.4 is 11.5 Å².